The summed E-state index contributed by atoms with van der Waals surface area (Å²) in [6.07, 6.45) is 4.94. The lowest BCUT2D eigenvalue weighted by Gasteiger charge is -2.29. The topological polar surface area (TPSA) is 46.2 Å². The highest BCUT2D eigenvalue weighted by Crippen LogP contribution is 2.39. The van der Waals surface area contributed by atoms with Crippen LogP contribution in [0.4, 0.5) is 0 Å². The normalized spacial score (nSPS) is 26.7. The van der Waals surface area contributed by atoms with Gasteiger partial charge in [-0.2, -0.15) is 0 Å². The Morgan fingerprint density at radius 3 is 2.40 bits per heavy atom. The Bertz CT molecular complexity index is 108. The summed E-state index contributed by atoms with van der Waals surface area (Å²) < 4.78 is 0. The fourth-order valence-electron chi connectivity index (χ4n) is 1.77. The summed E-state index contributed by atoms with van der Waals surface area (Å²) >= 11 is 0. The molecule has 10 heavy (non-hydrogen) atoms. The molecule has 1 atom stereocenters. The van der Waals surface area contributed by atoms with Crippen LogP contribution in [0.2, 0.25) is 0 Å². The number of nitrogens with two attached hydrogens (primary N) is 1. The average Bonchev–Trinajstić information content (AvgIpc) is 2.36. The third kappa shape index (κ3) is 1.32. The Hall–Kier alpha value is -0.0800. The van der Waals surface area contributed by atoms with Crippen molar-refractivity contribution >= 4 is 0 Å². The number of hydrogen-bond acceptors (Lipinski definition) is 2. The minimum Gasteiger partial charge on any atom is -0.395 e. The van der Waals surface area contributed by atoms with Crippen molar-refractivity contribution in [1.29, 1.82) is 0 Å². The van der Waals surface area contributed by atoms with Gasteiger partial charge in [0.05, 0.1) is 6.61 Å². The molecule has 3 N–H and O–H groups in total. The van der Waals surface area contributed by atoms with Gasteiger partial charge in [0.2, 0.25) is 0 Å². The summed E-state index contributed by atoms with van der Waals surface area (Å²) in [5, 5.41) is 8.84. The second-order valence-corrected chi connectivity index (χ2v) is 3.65. The molecule has 0 aromatic heterocycles. The van der Waals surface area contributed by atoms with E-state index in [0.29, 0.717) is 0 Å². The molecule has 1 saturated carbocycles. The van der Waals surface area contributed by atoms with E-state index >= 15 is 0 Å². The van der Waals surface area contributed by atoms with Crippen molar-refractivity contribution in [2.75, 3.05) is 6.61 Å². The minimum absolute atomic E-state index is 0.00463. The molecule has 1 fully saturated rings. The van der Waals surface area contributed by atoms with Crippen LogP contribution in [0.3, 0.4) is 0 Å². The molecular formula is C8H17NO. The van der Waals surface area contributed by atoms with Crippen molar-refractivity contribution in [2.24, 2.45) is 11.1 Å². The van der Waals surface area contributed by atoms with Crippen LogP contribution in [0.5, 0.6) is 0 Å². The van der Waals surface area contributed by atoms with Gasteiger partial charge in [-0.3, -0.25) is 0 Å². The maximum Gasteiger partial charge on any atom is 0.0587 e. The molecule has 0 aromatic carbocycles. The monoisotopic (exact) mass is 143 g/mol. The van der Waals surface area contributed by atoms with E-state index in [1.54, 1.807) is 0 Å². The Kier molecular flexibility index (Phi) is 2.32. The summed E-state index contributed by atoms with van der Waals surface area (Å²) in [6.45, 7) is 2.32. The molecule has 1 aliphatic carbocycles. The van der Waals surface area contributed by atoms with Gasteiger partial charge in [-0.15, -0.1) is 0 Å². The molecule has 0 aromatic rings. The highest BCUT2D eigenvalue weighted by molar-refractivity contribution is 4.88. The number of aliphatic hydroxyl groups excluding tert-OH is 1. The van der Waals surface area contributed by atoms with Gasteiger partial charge < -0.3 is 10.8 Å². The summed E-state index contributed by atoms with van der Waals surface area (Å²) in [6, 6.07) is -0.00463. The molecule has 1 rings (SSSR count). The zero-order chi connectivity index (χ0) is 7.61. The van der Waals surface area contributed by atoms with Crippen molar-refractivity contribution < 1.29 is 5.11 Å². The molecule has 2 nitrogen and oxygen atoms in total. The zero-order valence-corrected chi connectivity index (χ0v) is 6.64. The first-order valence-electron chi connectivity index (χ1n) is 4.05. The van der Waals surface area contributed by atoms with Gasteiger partial charge >= 0.3 is 0 Å². The molecule has 1 aliphatic rings. The third-order valence-corrected chi connectivity index (χ3v) is 2.84. The molecule has 0 heterocycles. The lowest BCUT2D eigenvalue weighted by Crippen LogP contribution is -2.40. The summed E-state index contributed by atoms with van der Waals surface area (Å²) in [5.41, 5.74) is 5.99. The minimum atomic E-state index is -0.00463. The molecular weight excluding hydrogens is 126 g/mol. The van der Waals surface area contributed by atoms with Crippen LogP contribution in [-0.4, -0.2) is 17.8 Å². The van der Waals surface area contributed by atoms with Gasteiger partial charge in [0.1, 0.15) is 0 Å². The van der Waals surface area contributed by atoms with Crippen LogP contribution in [0.1, 0.15) is 32.6 Å². The van der Waals surface area contributed by atoms with Crippen molar-refractivity contribution in [1.82, 2.24) is 0 Å². The number of hydrogen-bond donors (Lipinski definition) is 2. The van der Waals surface area contributed by atoms with Crippen LogP contribution < -0.4 is 5.73 Å². The van der Waals surface area contributed by atoms with Gasteiger partial charge in [-0.1, -0.05) is 19.8 Å². The molecule has 0 spiro atoms. The summed E-state index contributed by atoms with van der Waals surface area (Å²) in [4.78, 5) is 0. The first kappa shape index (κ1) is 8.02. The van der Waals surface area contributed by atoms with Crippen LogP contribution in [-0.2, 0) is 0 Å². The van der Waals surface area contributed by atoms with Gasteiger partial charge in [-0.25, -0.2) is 0 Å². The lowest BCUT2D eigenvalue weighted by molar-refractivity contribution is 0.165. The first-order valence-corrected chi connectivity index (χ1v) is 4.05. The SMILES string of the molecule is CC1(C(N)CO)CCCC1. The second kappa shape index (κ2) is 2.89. The fourth-order valence-corrected chi connectivity index (χ4v) is 1.77. The van der Waals surface area contributed by atoms with E-state index < -0.39 is 0 Å². The van der Waals surface area contributed by atoms with Crippen molar-refractivity contribution in [2.45, 2.75) is 38.6 Å². The molecule has 0 amide bonds. The lowest BCUT2D eigenvalue weighted by atomic mass is 9.81. The highest BCUT2D eigenvalue weighted by atomic mass is 16.3. The molecule has 0 saturated heterocycles. The quantitative estimate of drug-likeness (QED) is 0.603. The summed E-state index contributed by atoms with van der Waals surface area (Å²) in [7, 11) is 0. The van der Waals surface area contributed by atoms with Crippen molar-refractivity contribution in [3.05, 3.63) is 0 Å². The van der Waals surface area contributed by atoms with E-state index in [-0.39, 0.29) is 18.1 Å². The van der Waals surface area contributed by atoms with Crippen LogP contribution in [0, 0.1) is 5.41 Å². The van der Waals surface area contributed by atoms with Gasteiger partial charge in [-0.05, 0) is 18.3 Å². The molecule has 2 heteroatoms. The predicted molar refractivity (Wildman–Crippen MR) is 41.6 cm³/mol. The Labute approximate surface area is 62.4 Å². The van der Waals surface area contributed by atoms with Crippen molar-refractivity contribution in [3.63, 3.8) is 0 Å². The second-order valence-electron chi connectivity index (χ2n) is 3.65. The molecule has 60 valence electrons. The molecule has 0 radical (unpaired) electrons. The Morgan fingerprint density at radius 1 is 1.50 bits per heavy atom. The van der Waals surface area contributed by atoms with Gasteiger partial charge in [0.25, 0.3) is 0 Å². The van der Waals surface area contributed by atoms with E-state index in [0.717, 1.165) is 0 Å². The van der Waals surface area contributed by atoms with Gasteiger partial charge in [0.15, 0.2) is 0 Å². The maximum atomic E-state index is 8.84. The predicted octanol–water partition coefficient (Wildman–Crippen LogP) is 0.886. The first-order chi connectivity index (χ1) is 4.69. The standard InChI is InChI=1S/C8H17NO/c1-8(7(9)6-10)4-2-3-5-8/h7,10H,2-6,9H2,1H3. The Morgan fingerprint density at radius 2 is 2.00 bits per heavy atom. The highest BCUT2D eigenvalue weighted by Gasteiger charge is 2.33. The van der Waals surface area contributed by atoms with Crippen LogP contribution in [0.15, 0.2) is 0 Å². The molecule has 0 aliphatic heterocycles. The third-order valence-electron chi connectivity index (χ3n) is 2.84. The van der Waals surface area contributed by atoms with E-state index in [9.17, 15) is 0 Å². The average molecular weight is 143 g/mol. The van der Waals surface area contributed by atoms with E-state index in [4.69, 9.17) is 10.8 Å². The van der Waals surface area contributed by atoms with Crippen LogP contribution in [0.25, 0.3) is 0 Å². The zero-order valence-electron chi connectivity index (χ0n) is 6.64. The van der Waals surface area contributed by atoms with Crippen molar-refractivity contribution in [3.8, 4) is 0 Å². The summed E-state index contributed by atoms with van der Waals surface area (Å²) in [5.74, 6) is 0. The fraction of sp³-hybridized carbons (Fsp3) is 1.00. The number of rotatable bonds is 2. The van der Waals surface area contributed by atoms with E-state index in [2.05, 4.69) is 6.92 Å². The van der Waals surface area contributed by atoms with E-state index in [1.807, 2.05) is 0 Å². The molecule has 1 unspecified atom stereocenters. The number of aliphatic hydroxyl groups is 1. The smallest absolute Gasteiger partial charge is 0.0587 e. The van der Waals surface area contributed by atoms with Crippen LogP contribution >= 0.6 is 0 Å². The van der Waals surface area contributed by atoms with E-state index in [1.165, 1.54) is 25.7 Å². The maximum absolute atomic E-state index is 8.84. The molecule has 0 bridgehead atoms. The van der Waals surface area contributed by atoms with Gasteiger partial charge in [0, 0.05) is 6.04 Å². The Balaban J connectivity index is 2.49. The largest absolute Gasteiger partial charge is 0.395 e.